The minimum atomic E-state index is -3.85. The van der Waals surface area contributed by atoms with Crippen LogP contribution in [0.3, 0.4) is 0 Å². The van der Waals surface area contributed by atoms with Gasteiger partial charge < -0.3 is 14.6 Å². The molecule has 7 heteroatoms. The summed E-state index contributed by atoms with van der Waals surface area (Å²) in [4.78, 5) is 0.179. The first kappa shape index (κ1) is 22.8. The van der Waals surface area contributed by atoms with Gasteiger partial charge in [0.15, 0.2) is 11.5 Å². The molecule has 0 unspecified atom stereocenters. The molecule has 0 aliphatic heterocycles. The number of benzene rings is 3. The Morgan fingerprint density at radius 1 is 0.903 bits per heavy atom. The van der Waals surface area contributed by atoms with Crippen molar-refractivity contribution >= 4 is 10.0 Å². The second kappa shape index (κ2) is 9.96. The second-order valence-electron chi connectivity index (χ2n) is 7.23. The molecule has 0 radical (unpaired) electrons. The number of hydrogen-bond acceptors (Lipinski definition) is 5. The van der Waals surface area contributed by atoms with Crippen LogP contribution in [0.5, 0.6) is 11.5 Å². The standard InChI is InChI=1S/C24H27NO5S/c1-18-9-12-21(13-10-18)31(27,28)25(17-22(26)20-7-5-4-6-8-20)16-19-11-14-23(29-2)24(15-19)30-3/h4-15,22,26H,16-17H2,1-3H3/t22-/m0/s1. The van der Waals surface area contributed by atoms with Crippen LogP contribution in [0.4, 0.5) is 0 Å². The monoisotopic (exact) mass is 441 g/mol. The van der Waals surface area contributed by atoms with E-state index in [2.05, 4.69) is 0 Å². The van der Waals surface area contributed by atoms with Crippen molar-refractivity contribution in [2.45, 2.75) is 24.5 Å². The number of rotatable bonds is 9. The summed E-state index contributed by atoms with van der Waals surface area (Å²) in [7, 11) is -0.780. The number of methoxy groups -OCH3 is 2. The number of ether oxygens (including phenoxy) is 2. The van der Waals surface area contributed by atoms with E-state index in [-0.39, 0.29) is 18.0 Å². The molecule has 0 saturated carbocycles. The van der Waals surface area contributed by atoms with Crippen LogP contribution >= 0.6 is 0 Å². The maximum atomic E-state index is 13.5. The highest BCUT2D eigenvalue weighted by atomic mass is 32.2. The summed E-state index contributed by atoms with van der Waals surface area (Å²) in [6.07, 6.45) is -0.971. The molecule has 0 bridgehead atoms. The van der Waals surface area contributed by atoms with E-state index in [4.69, 9.17) is 9.47 Å². The first-order valence-electron chi connectivity index (χ1n) is 9.86. The average molecular weight is 442 g/mol. The fraction of sp³-hybridized carbons (Fsp3) is 0.250. The third-order valence-electron chi connectivity index (χ3n) is 5.03. The highest BCUT2D eigenvalue weighted by molar-refractivity contribution is 7.89. The first-order chi connectivity index (χ1) is 14.8. The van der Waals surface area contributed by atoms with Crippen molar-refractivity contribution in [1.29, 1.82) is 0 Å². The van der Waals surface area contributed by atoms with E-state index in [9.17, 15) is 13.5 Å². The summed E-state index contributed by atoms with van der Waals surface area (Å²) in [6, 6.07) is 21.0. The zero-order valence-corrected chi connectivity index (χ0v) is 18.7. The van der Waals surface area contributed by atoms with Gasteiger partial charge in [-0.15, -0.1) is 0 Å². The molecule has 3 aromatic carbocycles. The summed E-state index contributed by atoms with van der Waals surface area (Å²) < 4.78 is 38.8. The number of aliphatic hydroxyl groups is 1. The predicted octanol–water partition coefficient (Wildman–Crippen LogP) is 3.94. The third kappa shape index (κ3) is 5.44. The molecule has 6 nitrogen and oxygen atoms in total. The molecule has 1 N–H and O–H groups in total. The first-order valence-corrected chi connectivity index (χ1v) is 11.3. The molecule has 0 amide bonds. The molecule has 3 rings (SSSR count). The van der Waals surface area contributed by atoms with Gasteiger partial charge in [0, 0.05) is 13.1 Å². The molecule has 0 fully saturated rings. The van der Waals surface area contributed by atoms with Gasteiger partial charge in [-0.1, -0.05) is 54.1 Å². The molecule has 0 aliphatic rings. The predicted molar refractivity (Wildman–Crippen MR) is 120 cm³/mol. The van der Waals surface area contributed by atoms with Crippen molar-refractivity contribution in [3.8, 4) is 11.5 Å². The summed E-state index contributed by atoms with van der Waals surface area (Å²) in [5.74, 6) is 1.07. The topological polar surface area (TPSA) is 76.1 Å². The number of aliphatic hydroxyl groups excluding tert-OH is 1. The number of hydrogen-bond donors (Lipinski definition) is 1. The zero-order chi connectivity index (χ0) is 22.4. The van der Waals surface area contributed by atoms with Crippen molar-refractivity contribution in [2.75, 3.05) is 20.8 Å². The Balaban J connectivity index is 1.96. The molecule has 1 atom stereocenters. The Kier molecular flexibility index (Phi) is 7.33. The maximum Gasteiger partial charge on any atom is 0.243 e. The molecule has 0 aliphatic carbocycles. The Morgan fingerprint density at radius 2 is 1.55 bits per heavy atom. The molecule has 3 aromatic rings. The van der Waals surface area contributed by atoms with Crippen molar-refractivity contribution in [3.05, 3.63) is 89.5 Å². The lowest BCUT2D eigenvalue weighted by Gasteiger charge is -2.25. The van der Waals surface area contributed by atoms with E-state index in [0.717, 1.165) is 5.56 Å². The fourth-order valence-electron chi connectivity index (χ4n) is 3.26. The quantitative estimate of drug-likeness (QED) is 0.544. The zero-order valence-electron chi connectivity index (χ0n) is 17.9. The van der Waals surface area contributed by atoms with Crippen LogP contribution in [0.25, 0.3) is 0 Å². The van der Waals surface area contributed by atoms with Gasteiger partial charge >= 0.3 is 0 Å². The third-order valence-corrected chi connectivity index (χ3v) is 6.85. The van der Waals surface area contributed by atoms with Crippen molar-refractivity contribution in [2.24, 2.45) is 0 Å². The molecule has 0 aromatic heterocycles. The fourth-order valence-corrected chi connectivity index (χ4v) is 4.70. The Bertz CT molecular complexity index is 1100. The van der Waals surface area contributed by atoms with Gasteiger partial charge in [-0.25, -0.2) is 8.42 Å². The molecule has 0 heterocycles. The van der Waals surface area contributed by atoms with E-state index in [1.54, 1.807) is 61.7 Å². The van der Waals surface area contributed by atoms with Gasteiger partial charge in [0.2, 0.25) is 10.0 Å². The van der Waals surface area contributed by atoms with Crippen molar-refractivity contribution < 1.29 is 23.0 Å². The highest BCUT2D eigenvalue weighted by Gasteiger charge is 2.27. The minimum absolute atomic E-state index is 0.0699. The van der Waals surface area contributed by atoms with E-state index in [1.807, 2.05) is 25.1 Å². The van der Waals surface area contributed by atoms with Gasteiger partial charge in [-0.05, 0) is 42.3 Å². The summed E-state index contributed by atoms with van der Waals surface area (Å²) in [6.45, 7) is 1.88. The van der Waals surface area contributed by atoms with Crippen molar-refractivity contribution in [1.82, 2.24) is 4.31 Å². The molecule has 0 spiro atoms. The van der Waals surface area contributed by atoms with E-state index < -0.39 is 16.1 Å². The van der Waals surface area contributed by atoms with Gasteiger partial charge in [0.25, 0.3) is 0 Å². The van der Waals surface area contributed by atoms with Crippen LogP contribution in [-0.4, -0.2) is 38.6 Å². The van der Waals surface area contributed by atoms with Crippen LogP contribution in [0.1, 0.15) is 22.8 Å². The van der Waals surface area contributed by atoms with Crippen LogP contribution in [-0.2, 0) is 16.6 Å². The van der Waals surface area contributed by atoms with Gasteiger partial charge in [-0.3, -0.25) is 0 Å². The van der Waals surface area contributed by atoms with Crippen LogP contribution in [0.2, 0.25) is 0 Å². The molecule has 31 heavy (non-hydrogen) atoms. The van der Waals surface area contributed by atoms with Crippen LogP contribution in [0.15, 0.2) is 77.7 Å². The lowest BCUT2D eigenvalue weighted by molar-refractivity contribution is 0.145. The Labute approximate surface area is 183 Å². The largest absolute Gasteiger partial charge is 0.493 e. The lowest BCUT2D eigenvalue weighted by Crippen LogP contribution is -2.34. The summed E-state index contributed by atoms with van der Waals surface area (Å²) >= 11 is 0. The molecular weight excluding hydrogens is 414 g/mol. The summed E-state index contributed by atoms with van der Waals surface area (Å²) in [5, 5.41) is 10.8. The highest BCUT2D eigenvalue weighted by Crippen LogP contribution is 2.30. The normalized spacial score (nSPS) is 12.5. The molecular formula is C24H27NO5S. The van der Waals surface area contributed by atoms with Gasteiger partial charge in [-0.2, -0.15) is 4.31 Å². The smallest absolute Gasteiger partial charge is 0.243 e. The lowest BCUT2D eigenvalue weighted by atomic mass is 10.1. The van der Waals surface area contributed by atoms with Gasteiger partial charge in [0.05, 0.1) is 25.2 Å². The number of nitrogens with zero attached hydrogens (tertiary/aromatic N) is 1. The Hall–Kier alpha value is -2.87. The van der Waals surface area contributed by atoms with Gasteiger partial charge in [0.1, 0.15) is 0 Å². The number of aryl methyl sites for hydroxylation is 1. The minimum Gasteiger partial charge on any atom is -0.493 e. The van der Waals surface area contributed by atoms with E-state index in [1.165, 1.54) is 11.4 Å². The van der Waals surface area contributed by atoms with Crippen LogP contribution < -0.4 is 9.47 Å². The average Bonchev–Trinajstić information content (AvgIpc) is 2.79. The van der Waals surface area contributed by atoms with Crippen molar-refractivity contribution in [3.63, 3.8) is 0 Å². The van der Waals surface area contributed by atoms with E-state index in [0.29, 0.717) is 22.6 Å². The SMILES string of the molecule is COc1ccc(CN(C[C@H](O)c2ccccc2)S(=O)(=O)c2ccc(C)cc2)cc1OC. The maximum absolute atomic E-state index is 13.5. The molecule has 164 valence electrons. The Morgan fingerprint density at radius 3 is 2.16 bits per heavy atom. The summed E-state index contributed by atoms with van der Waals surface area (Å²) in [5.41, 5.74) is 2.34. The van der Waals surface area contributed by atoms with E-state index >= 15 is 0 Å². The number of sulfonamides is 1. The van der Waals surface area contributed by atoms with Crippen LogP contribution in [0, 0.1) is 6.92 Å². The molecule has 0 saturated heterocycles. The second-order valence-corrected chi connectivity index (χ2v) is 9.16.